The molecule has 1 aliphatic carbocycles. The Morgan fingerprint density at radius 2 is 1.90 bits per heavy atom. The number of hydrogen-bond acceptors (Lipinski definition) is 2. The maximum absolute atomic E-state index is 5.76. The average Bonchev–Trinajstić information content (AvgIpc) is 2.43. The van der Waals surface area contributed by atoms with Crippen molar-refractivity contribution in [2.75, 3.05) is 19.7 Å². The Bertz CT molecular complexity index is 363. The molecule has 0 spiro atoms. The lowest BCUT2D eigenvalue weighted by atomic mass is 9.71. The van der Waals surface area contributed by atoms with Crippen LogP contribution in [-0.2, 0) is 0 Å². The molecule has 20 heavy (non-hydrogen) atoms. The van der Waals surface area contributed by atoms with Crippen LogP contribution in [0.25, 0.3) is 0 Å². The van der Waals surface area contributed by atoms with E-state index in [-0.39, 0.29) is 0 Å². The van der Waals surface area contributed by atoms with E-state index in [1.807, 2.05) is 30.3 Å². The summed E-state index contributed by atoms with van der Waals surface area (Å²) in [6.45, 7) is 7.76. The van der Waals surface area contributed by atoms with Crippen LogP contribution in [0.15, 0.2) is 30.3 Å². The van der Waals surface area contributed by atoms with E-state index in [1.54, 1.807) is 0 Å². The molecule has 2 heteroatoms. The van der Waals surface area contributed by atoms with Gasteiger partial charge >= 0.3 is 0 Å². The van der Waals surface area contributed by atoms with Crippen LogP contribution < -0.4 is 10.1 Å². The van der Waals surface area contributed by atoms with Gasteiger partial charge in [-0.2, -0.15) is 0 Å². The third-order valence-electron chi connectivity index (χ3n) is 4.27. The van der Waals surface area contributed by atoms with Gasteiger partial charge in [0.2, 0.25) is 0 Å². The minimum absolute atomic E-state index is 0.757. The highest BCUT2D eigenvalue weighted by molar-refractivity contribution is 5.20. The molecule has 1 aromatic rings. The molecule has 2 nitrogen and oxygen atoms in total. The Hall–Kier alpha value is -1.02. The highest BCUT2D eigenvalue weighted by Gasteiger charge is 2.29. The summed E-state index contributed by atoms with van der Waals surface area (Å²) in [6.07, 6.45) is 5.33. The number of rotatable bonds is 9. The van der Waals surface area contributed by atoms with Gasteiger partial charge in [0.1, 0.15) is 5.75 Å². The fraction of sp³-hybridized carbons (Fsp3) is 0.667. The Balaban J connectivity index is 1.53. The summed E-state index contributed by atoms with van der Waals surface area (Å²) in [5, 5.41) is 3.60. The maximum atomic E-state index is 5.76. The number of nitrogens with one attached hydrogen (secondary N) is 1. The summed E-state index contributed by atoms with van der Waals surface area (Å²) in [6, 6.07) is 10.1. The predicted octanol–water partition coefficient (Wildman–Crippen LogP) is 4.12. The first-order chi connectivity index (χ1) is 9.75. The van der Waals surface area contributed by atoms with Crippen molar-refractivity contribution in [3.8, 4) is 5.75 Å². The molecular formula is C18H29NO. The molecule has 1 aromatic carbocycles. The van der Waals surface area contributed by atoms with Crippen molar-refractivity contribution in [1.29, 1.82) is 0 Å². The fourth-order valence-electron chi connectivity index (χ4n) is 2.90. The maximum Gasteiger partial charge on any atom is 0.119 e. The van der Waals surface area contributed by atoms with Crippen molar-refractivity contribution in [3.05, 3.63) is 30.3 Å². The Labute approximate surface area is 123 Å². The molecule has 112 valence electrons. The van der Waals surface area contributed by atoms with Crippen LogP contribution in [0.4, 0.5) is 0 Å². The van der Waals surface area contributed by atoms with E-state index in [4.69, 9.17) is 4.74 Å². The Kier molecular flexibility index (Phi) is 6.38. The smallest absolute Gasteiger partial charge is 0.119 e. The summed E-state index contributed by atoms with van der Waals surface area (Å²) in [7, 11) is 0. The lowest BCUT2D eigenvalue weighted by Gasteiger charge is -2.37. The van der Waals surface area contributed by atoms with Gasteiger partial charge in [0, 0.05) is 0 Å². The van der Waals surface area contributed by atoms with Gasteiger partial charge < -0.3 is 10.1 Å². The molecule has 2 atom stereocenters. The zero-order chi connectivity index (χ0) is 14.2. The van der Waals surface area contributed by atoms with Crippen LogP contribution in [-0.4, -0.2) is 19.7 Å². The van der Waals surface area contributed by atoms with Crippen molar-refractivity contribution in [1.82, 2.24) is 5.32 Å². The monoisotopic (exact) mass is 275 g/mol. The van der Waals surface area contributed by atoms with Crippen LogP contribution in [0.3, 0.4) is 0 Å². The first kappa shape index (κ1) is 15.4. The van der Waals surface area contributed by atoms with E-state index in [9.17, 15) is 0 Å². The minimum atomic E-state index is 0.757. The van der Waals surface area contributed by atoms with Crippen LogP contribution in [0.2, 0.25) is 0 Å². The minimum Gasteiger partial charge on any atom is -0.494 e. The molecule has 2 unspecified atom stereocenters. The summed E-state index contributed by atoms with van der Waals surface area (Å²) >= 11 is 0. The molecule has 1 aliphatic rings. The zero-order valence-electron chi connectivity index (χ0n) is 13.0. The van der Waals surface area contributed by atoms with E-state index in [0.717, 1.165) is 36.7 Å². The standard InChI is InChI=1S/C18H29NO/c1-15(2)13-19-14-17-11-10-16(17)7-6-12-20-18-8-4-3-5-9-18/h3-5,8-9,15-17,19H,6-7,10-14H2,1-2H3. The van der Waals surface area contributed by atoms with Crippen molar-refractivity contribution < 1.29 is 4.74 Å². The topological polar surface area (TPSA) is 21.3 Å². The molecule has 2 rings (SSSR count). The van der Waals surface area contributed by atoms with Crippen LogP contribution in [0, 0.1) is 17.8 Å². The largest absolute Gasteiger partial charge is 0.494 e. The normalized spacial score (nSPS) is 21.8. The summed E-state index contributed by atoms with van der Waals surface area (Å²) in [5.74, 6) is 3.59. The van der Waals surface area contributed by atoms with Gasteiger partial charge in [0.05, 0.1) is 6.61 Å². The Morgan fingerprint density at radius 3 is 2.55 bits per heavy atom. The molecular weight excluding hydrogens is 246 g/mol. The zero-order valence-corrected chi connectivity index (χ0v) is 13.0. The van der Waals surface area contributed by atoms with E-state index >= 15 is 0 Å². The van der Waals surface area contributed by atoms with E-state index < -0.39 is 0 Å². The molecule has 0 saturated heterocycles. The number of benzene rings is 1. The summed E-state index contributed by atoms with van der Waals surface area (Å²) in [4.78, 5) is 0. The summed E-state index contributed by atoms with van der Waals surface area (Å²) in [5.41, 5.74) is 0. The van der Waals surface area contributed by atoms with Gasteiger partial charge in [-0.1, -0.05) is 32.0 Å². The van der Waals surface area contributed by atoms with Gasteiger partial charge in [-0.15, -0.1) is 0 Å². The van der Waals surface area contributed by atoms with Gasteiger partial charge in [0.25, 0.3) is 0 Å². The fourth-order valence-corrected chi connectivity index (χ4v) is 2.90. The van der Waals surface area contributed by atoms with Crippen molar-refractivity contribution >= 4 is 0 Å². The lowest BCUT2D eigenvalue weighted by Crippen LogP contribution is -2.36. The van der Waals surface area contributed by atoms with Gasteiger partial charge in [-0.25, -0.2) is 0 Å². The summed E-state index contributed by atoms with van der Waals surface area (Å²) < 4.78 is 5.76. The number of ether oxygens (including phenoxy) is 1. The van der Waals surface area contributed by atoms with Crippen molar-refractivity contribution in [3.63, 3.8) is 0 Å². The molecule has 1 fully saturated rings. The quantitative estimate of drug-likeness (QED) is 0.685. The number of hydrogen-bond donors (Lipinski definition) is 1. The van der Waals surface area contributed by atoms with Crippen molar-refractivity contribution in [2.45, 2.75) is 39.5 Å². The lowest BCUT2D eigenvalue weighted by molar-refractivity contribution is 0.147. The molecule has 0 radical (unpaired) electrons. The van der Waals surface area contributed by atoms with E-state index in [1.165, 1.54) is 32.2 Å². The second-order valence-corrected chi connectivity index (χ2v) is 6.45. The molecule has 0 heterocycles. The first-order valence-corrected chi connectivity index (χ1v) is 8.14. The van der Waals surface area contributed by atoms with Gasteiger partial charge in [-0.3, -0.25) is 0 Å². The highest BCUT2D eigenvalue weighted by Crippen LogP contribution is 2.37. The van der Waals surface area contributed by atoms with Crippen LogP contribution in [0.1, 0.15) is 39.5 Å². The highest BCUT2D eigenvalue weighted by atomic mass is 16.5. The predicted molar refractivity (Wildman–Crippen MR) is 85.1 cm³/mol. The molecule has 1 saturated carbocycles. The van der Waals surface area contributed by atoms with Gasteiger partial charge in [0.15, 0.2) is 0 Å². The second-order valence-electron chi connectivity index (χ2n) is 6.45. The molecule has 0 aliphatic heterocycles. The van der Waals surface area contributed by atoms with Crippen LogP contribution >= 0.6 is 0 Å². The van der Waals surface area contributed by atoms with Crippen molar-refractivity contribution in [2.24, 2.45) is 17.8 Å². The number of para-hydroxylation sites is 1. The van der Waals surface area contributed by atoms with E-state index in [0.29, 0.717) is 0 Å². The Morgan fingerprint density at radius 1 is 1.15 bits per heavy atom. The molecule has 0 amide bonds. The molecule has 1 N–H and O–H groups in total. The third-order valence-corrected chi connectivity index (χ3v) is 4.27. The van der Waals surface area contributed by atoms with Crippen LogP contribution in [0.5, 0.6) is 5.75 Å². The third kappa shape index (κ3) is 5.16. The first-order valence-electron chi connectivity index (χ1n) is 8.14. The molecule has 0 aromatic heterocycles. The second kappa shape index (κ2) is 8.31. The van der Waals surface area contributed by atoms with Gasteiger partial charge in [-0.05, 0) is 68.7 Å². The molecule has 0 bridgehead atoms. The van der Waals surface area contributed by atoms with E-state index in [2.05, 4.69) is 19.2 Å². The SMILES string of the molecule is CC(C)CNCC1CCC1CCCOc1ccccc1. The average molecular weight is 275 g/mol.